The van der Waals surface area contributed by atoms with Gasteiger partial charge in [0.05, 0.1) is 46.0 Å². The van der Waals surface area contributed by atoms with Crippen LogP contribution in [0.25, 0.3) is 0 Å². The monoisotopic (exact) mass is 982 g/mol. The number of nitrogens with one attached hydrogen (secondary N) is 4. The fourth-order valence-electron chi connectivity index (χ4n) is 9.44. The minimum atomic E-state index is -3.57. The molecule has 366 valence electrons. The molecule has 5 heterocycles. The Kier molecular flexibility index (Phi) is 15.3. The number of benzene rings is 3. The number of carbonyl (C=O) groups is 5. The van der Waals surface area contributed by atoms with E-state index in [9.17, 15) is 32.4 Å². The van der Waals surface area contributed by atoms with Crippen LogP contribution in [0.5, 0.6) is 5.75 Å². The molecule has 18 nitrogen and oxygen atoms in total. The summed E-state index contributed by atoms with van der Waals surface area (Å²) in [5.41, 5.74) is 3.10. The Bertz CT molecular complexity index is 2710. The summed E-state index contributed by atoms with van der Waals surface area (Å²) >= 11 is 6.46. The number of methoxy groups -OCH3 is 1. The lowest BCUT2D eigenvalue weighted by atomic mass is 10.0. The lowest BCUT2D eigenvalue weighted by molar-refractivity contribution is -0.136. The van der Waals surface area contributed by atoms with E-state index in [0.29, 0.717) is 41.8 Å². The highest BCUT2D eigenvalue weighted by Gasteiger charge is 2.45. The third-order valence-corrected chi connectivity index (χ3v) is 15.8. The van der Waals surface area contributed by atoms with Gasteiger partial charge in [0.2, 0.25) is 23.7 Å². The van der Waals surface area contributed by atoms with Crippen LogP contribution in [0.3, 0.4) is 0 Å². The molecule has 0 saturated carbocycles. The SMILES string of the molecule is COc1cc(N2CCC(N3CCN(C(=O)CCCCCCNc4cccc5c4C(=O)N(C4CCC(=O)NC4=O)C5=O)CC3)CC2)ccc1Nc1ncc(Cl)c(Nc2ccccc2S(=O)(=O)C(C)C)n1. The number of rotatable bonds is 18. The number of piperazine rings is 1. The Morgan fingerprint density at radius 3 is 2.33 bits per heavy atom. The van der Waals surface area contributed by atoms with E-state index in [4.69, 9.17) is 16.3 Å². The number of hydrogen-bond acceptors (Lipinski definition) is 15. The molecule has 1 atom stereocenters. The maximum absolute atomic E-state index is 13.4. The van der Waals surface area contributed by atoms with Crippen LogP contribution >= 0.6 is 11.6 Å². The number of imide groups is 2. The van der Waals surface area contributed by atoms with Crippen LogP contribution in [-0.2, 0) is 24.2 Å². The number of fused-ring (bicyclic) bond motifs is 1. The molecule has 8 rings (SSSR count). The lowest BCUT2D eigenvalue weighted by Crippen LogP contribution is -2.54. The van der Waals surface area contributed by atoms with Crippen LogP contribution < -0.4 is 30.9 Å². The Morgan fingerprint density at radius 2 is 1.59 bits per heavy atom. The van der Waals surface area contributed by atoms with Crippen LogP contribution in [0.4, 0.5) is 34.5 Å². The molecule has 4 aliphatic heterocycles. The zero-order chi connectivity index (χ0) is 48.8. The maximum Gasteiger partial charge on any atom is 0.264 e. The van der Waals surface area contributed by atoms with E-state index in [0.717, 1.165) is 88.4 Å². The number of nitrogens with zero attached hydrogens (tertiary/aromatic N) is 6. The number of hydrogen-bond donors (Lipinski definition) is 4. The molecule has 0 aliphatic carbocycles. The van der Waals surface area contributed by atoms with Gasteiger partial charge in [0.1, 0.15) is 16.8 Å². The van der Waals surface area contributed by atoms with Crippen LogP contribution in [0.15, 0.2) is 71.8 Å². The first-order chi connectivity index (χ1) is 33.2. The van der Waals surface area contributed by atoms with Crippen molar-refractivity contribution in [3.63, 3.8) is 0 Å². The first kappa shape index (κ1) is 49.1. The van der Waals surface area contributed by atoms with E-state index in [2.05, 4.69) is 41.0 Å². The standard InChI is InChI=1S/C49H59ClN10O8S/c1-31(2)69(66,67)41-14-8-7-12-37(41)53-45-35(50)30-52-49(56-45)54-36-17-16-33(29-40(36)68-3)57-23-20-32(21-24-57)58-25-27-59(28-26-58)43(62)15-6-4-5-9-22-51-38-13-10-11-34-44(38)48(65)60(47(34)64)39-18-19-42(61)55-46(39)63/h7-8,10-14,16-17,29-32,39,51H,4-6,9,15,18-28H2,1-3H3,(H,55,61,63)(H2,52,53,54,56). The second-order valence-corrected chi connectivity index (χ2v) is 20.9. The molecule has 0 radical (unpaired) electrons. The van der Waals surface area contributed by atoms with Crippen molar-refractivity contribution in [2.24, 2.45) is 0 Å². The topological polar surface area (TPSA) is 216 Å². The molecule has 5 amide bonds. The molecule has 3 aromatic carbocycles. The molecule has 3 saturated heterocycles. The maximum atomic E-state index is 13.4. The molecule has 0 bridgehead atoms. The van der Waals surface area contributed by atoms with Crippen molar-refractivity contribution >= 4 is 85.5 Å². The van der Waals surface area contributed by atoms with E-state index in [1.807, 2.05) is 23.1 Å². The predicted molar refractivity (Wildman–Crippen MR) is 263 cm³/mol. The summed E-state index contributed by atoms with van der Waals surface area (Å²) < 4.78 is 31.9. The molecule has 3 fully saturated rings. The first-order valence-corrected chi connectivity index (χ1v) is 25.6. The number of unbranched alkanes of at least 4 members (excludes halogenated alkanes) is 3. The summed E-state index contributed by atoms with van der Waals surface area (Å²) in [6.45, 7) is 8.77. The summed E-state index contributed by atoms with van der Waals surface area (Å²) in [6, 6.07) is 17.1. The van der Waals surface area contributed by atoms with Crippen molar-refractivity contribution in [1.29, 1.82) is 0 Å². The van der Waals surface area contributed by atoms with Gasteiger partial charge in [0, 0.05) is 82.1 Å². The third kappa shape index (κ3) is 10.9. The van der Waals surface area contributed by atoms with Crippen LogP contribution in [-0.4, -0.2) is 133 Å². The Hall–Kier alpha value is -6.31. The number of piperidine rings is 2. The van der Waals surface area contributed by atoms with E-state index >= 15 is 0 Å². The highest BCUT2D eigenvalue weighted by atomic mass is 35.5. The molecule has 4 aliphatic rings. The molecular weight excluding hydrogens is 924 g/mol. The number of para-hydroxylation sites is 1. The van der Waals surface area contributed by atoms with Gasteiger partial charge in [-0.15, -0.1) is 0 Å². The minimum absolute atomic E-state index is 0.0678. The van der Waals surface area contributed by atoms with Crippen molar-refractivity contribution in [2.75, 3.05) is 73.8 Å². The molecule has 4 N–H and O–H groups in total. The van der Waals surface area contributed by atoms with Crippen molar-refractivity contribution in [2.45, 2.75) is 93.9 Å². The van der Waals surface area contributed by atoms with Gasteiger partial charge in [-0.25, -0.2) is 13.4 Å². The Morgan fingerprint density at radius 1 is 0.855 bits per heavy atom. The summed E-state index contributed by atoms with van der Waals surface area (Å²) in [5, 5.41) is 11.5. The number of amides is 5. The summed E-state index contributed by atoms with van der Waals surface area (Å²) in [4.78, 5) is 80.7. The predicted octanol–water partition coefficient (Wildman–Crippen LogP) is 6.38. The van der Waals surface area contributed by atoms with Crippen molar-refractivity contribution in [3.8, 4) is 5.75 Å². The average Bonchev–Trinajstić information content (AvgIpc) is 3.60. The second-order valence-electron chi connectivity index (χ2n) is 18.0. The van der Waals surface area contributed by atoms with Gasteiger partial charge in [-0.05, 0) is 82.3 Å². The number of sulfone groups is 1. The van der Waals surface area contributed by atoms with Crippen molar-refractivity contribution in [3.05, 3.63) is 83.0 Å². The molecule has 1 aromatic heterocycles. The first-order valence-electron chi connectivity index (χ1n) is 23.7. The number of halogens is 1. The average molecular weight is 984 g/mol. The smallest absolute Gasteiger partial charge is 0.264 e. The molecule has 69 heavy (non-hydrogen) atoms. The largest absolute Gasteiger partial charge is 0.494 e. The van der Waals surface area contributed by atoms with Crippen molar-refractivity contribution < 1.29 is 37.1 Å². The number of ether oxygens (including phenoxy) is 1. The van der Waals surface area contributed by atoms with Crippen LogP contribution in [0, 0.1) is 0 Å². The normalized spacial score (nSPS) is 18.1. The number of aromatic nitrogens is 2. The molecule has 1 unspecified atom stereocenters. The molecule has 4 aromatic rings. The second kappa shape index (κ2) is 21.5. The number of anilines is 6. The number of carbonyl (C=O) groups excluding carboxylic acids is 5. The van der Waals surface area contributed by atoms with E-state index < -0.39 is 44.8 Å². The van der Waals surface area contributed by atoms with Gasteiger partial charge in [-0.2, -0.15) is 4.98 Å². The van der Waals surface area contributed by atoms with Gasteiger partial charge < -0.3 is 30.5 Å². The van der Waals surface area contributed by atoms with E-state index in [1.165, 1.54) is 6.20 Å². The highest BCUT2D eigenvalue weighted by molar-refractivity contribution is 7.92. The van der Waals surface area contributed by atoms with Crippen LogP contribution in [0.2, 0.25) is 5.02 Å². The highest BCUT2D eigenvalue weighted by Crippen LogP contribution is 2.36. The fraction of sp³-hybridized carbons (Fsp3) is 0.449. The van der Waals surface area contributed by atoms with Gasteiger partial charge in [0.15, 0.2) is 15.7 Å². The van der Waals surface area contributed by atoms with Gasteiger partial charge in [-0.3, -0.25) is 39.1 Å². The Balaban J connectivity index is 0.741. The van der Waals surface area contributed by atoms with Gasteiger partial charge >= 0.3 is 0 Å². The fourth-order valence-corrected chi connectivity index (χ4v) is 10.8. The van der Waals surface area contributed by atoms with E-state index in [1.54, 1.807) is 63.4 Å². The van der Waals surface area contributed by atoms with Crippen molar-refractivity contribution in [1.82, 2.24) is 30.0 Å². The molecule has 0 spiro atoms. The summed E-state index contributed by atoms with van der Waals surface area (Å²) in [7, 11) is -1.96. The third-order valence-electron chi connectivity index (χ3n) is 13.4. The van der Waals surface area contributed by atoms with Gasteiger partial charge in [0.25, 0.3) is 11.8 Å². The Labute approximate surface area is 407 Å². The van der Waals surface area contributed by atoms with E-state index in [-0.39, 0.29) is 51.6 Å². The minimum Gasteiger partial charge on any atom is -0.494 e. The zero-order valence-electron chi connectivity index (χ0n) is 39.1. The summed E-state index contributed by atoms with van der Waals surface area (Å²) in [6.07, 6.45) is 7.55. The summed E-state index contributed by atoms with van der Waals surface area (Å²) in [5.74, 6) is -0.802. The molecular formula is C49H59ClN10O8S. The quantitative estimate of drug-likeness (QED) is 0.0628. The molecule has 20 heteroatoms. The lowest BCUT2D eigenvalue weighted by Gasteiger charge is -2.43. The zero-order valence-corrected chi connectivity index (χ0v) is 40.7. The van der Waals surface area contributed by atoms with Crippen LogP contribution in [0.1, 0.15) is 92.4 Å². The van der Waals surface area contributed by atoms with Gasteiger partial charge in [-0.1, -0.05) is 42.6 Å².